The second kappa shape index (κ2) is 11.9. The second-order valence-electron chi connectivity index (χ2n) is 9.83. The predicted molar refractivity (Wildman–Crippen MR) is 146 cm³/mol. The van der Waals surface area contributed by atoms with E-state index in [9.17, 15) is 35.2 Å². The Kier molecular flexibility index (Phi) is 9.04. The Bertz CT molecular complexity index is 1580. The summed E-state index contributed by atoms with van der Waals surface area (Å²) < 4.78 is 92.8. The molecule has 4 rings (SSSR count). The summed E-state index contributed by atoms with van der Waals surface area (Å²) in [6.45, 7) is 1.63. The lowest BCUT2D eigenvalue weighted by Gasteiger charge is -2.29. The van der Waals surface area contributed by atoms with Gasteiger partial charge < -0.3 is 4.90 Å². The third-order valence-corrected chi connectivity index (χ3v) is 9.66. The van der Waals surface area contributed by atoms with Crippen molar-refractivity contribution >= 4 is 38.9 Å². The van der Waals surface area contributed by atoms with Gasteiger partial charge in [0, 0.05) is 31.6 Å². The Morgan fingerprint density at radius 3 is 2.29 bits per heavy atom. The molecule has 0 aromatic heterocycles. The van der Waals surface area contributed by atoms with Crippen LogP contribution in [0.15, 0.2) is 59.5 Å². The number of nitrogens with zero attached hydrogens (tertiary/aromatic N) is 2. The molecule has 0 saturated carbocycles. The number of hydrogen-bond donors (Lipinski definition) is 0. The van der Waals surface area contributed by atoms with E-state index in [1.54, 1.807) is 30.1 Å². The van der Waals surface area contributed by atoms with Crippen molar-refractivity contribution in [3.8, 4) is 0 Å². The predicted octanol–water partition coefficient (Wildman–Crippen LogP) is 6.82. The zero-order valence-electron chi connectivity index (χ0n) is 21.9. The van der Waals surface area contributed by atoms with Crippen molar-refractivity contribution in [2.45, 2.75) is 36.5 Å². The van der Waals surface area contributed by atoms with Crippen LogP contribution in [0, 0.1) is 11.6 Å². The molecule has 1 fully saturated rings. The molecule has 1 heterocycles. The number of halogens is 7. The lowest BCUT2D eigenvalue weighted by atomic mass is 9.93. The molecule has 1 amide bonds. The number of benzene rings is 3. The smallest absolute Gasteiger partial charge is 0.336 e. The molecule has 5 nitrogen and oxygen atoms in total. The molecule has 0 radical (unpaired) electrons. The number of likely N-dealkylation sites (N-methyl/N-ethyl adjacent to an activating group) is 1. The van der Waals surface area contributed by atoms with Crippen LogP contribution in [0.25, 0.3) is 0 Å². The van der Waals surface area contributed by atoms with Gasteiger partial charge in [0.25, 0.3) is 5.91 Å². The molecule has 0 unspecified atom stereocenters. The summed E-state index contributed by atoms with van der Waals surface area (Å²) in [5.74, 6) is -3.63. The van der Waals surface area contributed by atoms with E-state index in [4.69, 9.17) is 23.2 Å². The molecule has 0 aliphatic carbocycles. The van der Waals surface area contributed by atoms with Gasteiger partial charge in [-0.05, 0) is 60.6 Å². The Balaban J connectivity index is 1.66. The SMILES string of the molecule is CCS(=O)(=O)c1ccc(F)c(C(=O)N2C[C@H](c3ccc(Cl)c(Cl)c3)[C@@H](N(C)Cc3ccc(C(F)(F)F)c(F)c3)C2)c1. The molecule has 1 saturated heterocycles. The van der Waals surface area contributed by atoms with Gasteiger partial charge in [0.15, 0.2) is 9.84 Å². The fraction of sp³-hybridized carbons (Fsp3) is 0.321. The lowest BCUT2D eigenvalue weighted by Crippen LogP contribution is -2.38. The minimum absolute atomic E-state index is 0.0398. The number of carbonyl (C=O) groups is 1. The number of sulfone groups is 1. The van der Waals surface area contributed by atoms with E-state index in [0.717, 1.165) is 24.3 Å². The second-order valence-corrected chi connectivity index (χ2v) is 12.9. The van der Waals surface area contributed by atoms with Crippen LogP contribution in [-0.4, -0.2) is 56.1 Å². The fourth-order valence-electron chi connectivity index (χ4n) is 4.96. The Morgan fingerprint density at radius 1 is 0.976 bits per heavy atom. The molecule has 41 heavy (non-hydrogen) atoms. The van der Waals surface area contributed by atoms with Gasteiger partial charge in [0.2, 0.25) is 0 Å². The molecule has 0 N–H and O–H groups in total. The maximum Gasteiger partial charge on any atom is 0.419 e. The van der Waals surface area contributed by atoms with E-state index in [0.29, 0.717) is 16.7 Å². The topological polar surface area (TPSA) is 57.7 Å². The monoisotopic (exact) mass is 634 g/mol. The first kappa shape index (κ1) is 31.2. The van der Waals surface area contributed by atoms with E-state index in [1.807, 2.05) is 0 Å². The molecule has 1 aliphatic rings. The highest BCUT2D eigenvalue weighted by Gasteiger charge is 2.40. The normalized spacial score (nSPS) is 17.9. The quantitative estimate of drug-likeness (QED) is 0.211. The number of hydrogen-bond acceptors (Lipinski definition) is 4. The largest absolute Gasteiger partial charge is 0.419 e. The van der Waals surface area contributed by atoms with Crippen LogP contribution in [0.2, 0.25) is 10.0 Å². The molecule has 0 bridgehead atoms. The summed E-state index contributed by atoms with van der Waals surface area (Å²) in [6, 6.07) is 10.2. The summed E-state index contributed by atoms with van der Waals surface area (Å²) in [5, 5.41) is 0.575. The summed E-state index contributed by atoms with van der Waals surface area (Å²) in [4.78, 5) is 16.5. The third-order valence-electron chi connectivity index (χ3n) is 7.19. The summed E-state index contributed by atoms with van der Waals surface area (Å²) in [7, 11) is -2.03. The average molecular weight is 635 g/mol. The van der Waals surface area contributed by atoms with E-state index >= 15 is 0 Å². The Morgan fingerprint density at radius 2 is 1.68 bits per heavy atom. The minimum Gasteiger partial charge on any atom is -0.336 e. The van der Waals surface area contributed by atoms with Crippen LogP contribution in [0.4, 0.5) is 22.0 Å². The van der Waals surface area contributed by atoms with Crippen molar-refractivity contribution in [2.24, 2.45) is 0 Å². The van der Waals surface area contributed by atoms with Crippen molar-refractivity contribution in [2.75, 3.05) is 25.9 Å². The molecule has 3 aromatic rings. The van der Waals surface area contributed by atoms with Crippen LogP contribution in [0.3, 0.4) is 0 Å². The molecular formula is C28H25Cl2F5N2O3S. The van der Waals surface area contributed by atoms with E-state index in [1.165, 1.54) is 17.9 Å². The van der Waals surface area contributed by atoms with Gasteiger partial charge in [0.05, 0.1) is 31.8 Å². The van der Waals surface area contributed by atoms with Crippen molar-refractivity contribution in [3.63, 3.8) is 0 Å². The van der Waals surface area contributed by atoms with E-state index in [-0.39, 0.29) is 40.9 Å². The molecule has 2 atom stereocenters. The first-order chi connectivity index (χ1) is 19.1. The first-order valence-corrected chi connectivity index (χ1v) is 14.9. The molecule has 220 valence electrons. The highest BCUT2D eigenvalue weighted by Crippen LogP contribution is 2.36. The fourth-order valence-corrected chi connectivity index (χ4v) is 6.17. The number of amides is 1. The van der Waals surface area contributed by atoms with E-state index < -0.39 is 56.6 Å². The number of alkyl halides is 3. The standard InChI is InChI=1S/C28H25Cl2F5N2O3S/c1-3-41(39,40)18-6-9-24(31)19(12-18)27(38)37-14-20(17-5-8-22(29)23(30)11-17)26(15-37)36(2)13-16-4-7-21(25(32)10-16)28(33,34)35/h4-12,20,26H,3,13-15H2,1-2H3/t20-,26+/m1/s1. The van der Waals surface area contributed by atoms with Crippen molar-refractivity contribution in [1.82, 2.24) is 9.80 Å². The van der Waals surface area contributed by atoms with Gasteiger partial charge >= 0.3 is 6.18 Å². The summed E-state index contributed by atoms with van der Waals surface area (Å²) in [6.07, 6.45) is -4.83. The lowest BCUT2D eigenvalue weighted by molar-refractivity contribution is -0.140. The van der Waals surface area contributed by atoms with Crippen LogP contribution in [0.5, 0.6) is 0 Å². The van der Waals surface area contributed by atoms with Gasteiger partial charge in [-0.25, -0.2) is 17.2 Å². The molecule has 1 aliphatic heterocycles. The summed E-state index contributed by atoms with van der Waals surface area (Å²) in [5.41, 5.74) is -0.794. The van der Waals surface area contributed by atoms with Gasteiger partial charge in [-0.2, -0.15) is 13.2 Å². The van der Waals surface area contributed by atoms with Crippen molar-refractivity contribution in [3.05, 3.63) is 98.5 Å². The van der Waals surface area contributed by atoms with Gasteiger partial charge in [-0.15, -0.1) is 0 Å². The maximum atomic E-state index is 14.8. The van der Waals surface area contributed by atoms with Crippen LogP contribution in [0.1, 0.15) is 39.9 Å². The minimum atomic E-state index is -4.83. The van der Waals surface area contributed by atoms with Crippen LogP contribution < -0.4 is 0 Å². The number of carbonyl (C=O) groups excluding carboxylic acids is 1. The van der Waals surface area contributed by atoms with E-state index in [2.05, 4.69) is 0 Å². The van der Waals surface area contributed by atoms with Crippen molar-refractivity contribution < 1.29 is 35.2 Å². The Hall–Kier alpha value is -2.73. The number of rotatable bonds is 7. The zero-order valence-corrected chi connectivity index (χ0v) is 24.2. The van der Waals surface area contributed by atoms with Crippen LogP contribution >= 0.6 is 23.2 Å². The highest BCUT2D eigenvalue weighted by atomic mass is 35.5. The van der Waals surface area contributed by atoms with Crippen molar-refractivity contribution in [1.29, 1.82) is 0 Å². The molecular weight excluding hydrogens is 610 g/mol. The maximum absolute atomic E-state index is 14.8. The van der Waals surface area contributed by atoms with Crippen LogP contribution in [-0.2, 0) is 22.6 Å². The zero-order chi connectivity index (χ0) is 30.3. The Labute approximate surface area is 244 Å². The third kappa shape index (κ3) is 6.69. The molecule has 0 spiro atoms. The first-order valence-electron chi connectivity index (χ1n) is 12.4. The van der Waals surface area contributed by atoms with Gasteiger partial charge in [-0.1, -0.05) is 42.3 Å². The summed E-state index contributed by atoms with van der Waals surface area (Å²) >= 11 is 12.3. The number of likely N-dealkylation sites (tertiary alicyclic amines) is 1. The average Bonchev–Trinajstić information content (AvgIpc) is 3.35. The van der Waals surface area contributed by atoms with Gasteiger partial charge in [0.1, 0.15) is 11.6 Å². The van der Waals surface area contributed by atoms with Gasteiger partial charge in [-0.3, -0.25) is 9.69 Å². The highest BCUT2D eigenvalue weighted by molar-refractivity contribution is 7.91. The molecule has 3 aromatic carbocycles. The molecule has 13 heteroatoms.